The predicted octanol–water partition coefficient (Wildman–Crippen LogP) is -1.96. The summed E-state index contributed by atoms with van der Waals surface area (Å²) >= 11 is 0. The van der Waals surface area contributed by atoms with E-state index in [0.29, 0.717) is 0 Å². The molecule has 0 radical (unpaired) electrons. The fraction of sp³-hybridized carbons (Fsp3) is 0.857. The van der Waals surface area contributed by atoms with Crippen LogP contribution in [0.1, 0.15) is 13.3 Å². The molecule has 0 saturated carbocycles. The van der Waals surface area contributed by atoms with Crippen LogP contribution < -0.4 is 0 Å². The van der Waals surface area contributed by atoms with Crippen LogP contribution in [0.25, 0.3) is 0 Å². The highest BCUT2D eigenvalue weighted by atomic mass is 16.4. The Morgan fingerprint density at radius 2 is 1.83 bits per heavy atom. The first kappa shape index (κ1) is 11.5. The van der Waals surface area contributed by atoms with Gasteiger partial charge in [0.05, 0.1) is 12.7 Å². The minimum atomic E-state index is -1.61. The third-order valence-corrected chi connectivity index (χ3v) is 1.58. The highest BCUT2D eigenvalue weighted by molar-refractivity contribution is 5.87. The lowest BCUT2D eigenvalue weighted by Gasteiger charge is -2.16. The lowest BCUT2D eigenvalue weighted by Crippen LogP contribution is -2.41. The molecular formula is C7H14O5. The van der Waals surface area contributed by atoms with Crippen molar-refractivity contribution in [3.8, 4) is 0 Å². The summed E-state index contributed by atoms with van der Waals surface area (Å²) < 4.78 is 0. The Hall–Kier alpha value is -0.490. The number of hydrogen-bond acceptors (Lipinski definition) is 5. The molecule has 0 fully saturated rings. The van der Waals surface area contributed by atoms with Gasteiger partial charge in [0.25, 0.3) is 0 Å². The molecule has 0 rings (SSSR count). The molecule has 0 saturated heterocycles. The SMILES string of the molecule is CCC(O)[C@@H](O)C(=O)[C@H](O)CO. The first-order valence-corrected chi connectivity index (χ1v) is 3.73. The molecule has 12 heavy (non-hydrogen) atoms. The van der Waals surface area contributed by atoms with Gasteiger partial charge in [-0.1, -0.05) is 6.92 Å². The number of rotatable bonds is 5. The fourth-order valence-electron chi connectivity index (χ4n) is 0.700. The second-order valence-electron chi connectivity index (χ2n) is 2.52. The smallest absolute Gasteiger partial charge is 0.194 e. The second-order valence-corrected chi connectivity index (χ2v) is 2.52. The molecule has 0 aliphatic heterocycles. The van der Waals surface area contributed by atoms with Crippen LogP contribution in [-0.4, -0.2) is 51.1 Å². The normalized spacial score (nSPS) is 18.4. The Morgan fingerprint density at radius 1 is 1.33 bits per heavy atom. The number of aliphatic hydroxyl groups excluding tert-OH is 4. The molecule has 0 aromatic heterocycles. The predicted molar refractivity (Wildman–Crippen MR) is 40.4 cm³/mol. The number of carbonyl (C=O) groups is 1. The first-order valence-electron chi connectivity index (χ1n) is 3.73. The van der Waals surface area contributed by atoms with Crippen LogP contribution in [0.4, 0.5) is 0 Å². The van der Waals surface area contributed by atoms with Gasteiger partial charge in [-0.05, 0) is 6.42 Å². The molecule has 5 heteroatoms. The maximum absolute atomic E-state index is 10.9. The van der Waals surface area contributed by atoms with Crippen LogP contribution in [0.3, 0.4) is 0 Å². The maximum atomic E-state index is 10.9. The minimum absolute atomic E-state index is 0.213. The van der Waals surface area contributed by atoms with E-state index in [4.69, 9.17) is 20.4 Å². The molecular weight excluding hydrogens is 164 g/mol. The zero-order chi connectivity index (χ0) is 9.72. The van der Waals surface area contributed by atoms with Gasteiger partial charge in [0, 0.05) is 0 Å². The molecule has 0 aliphatic carbocycles. The lowest BCUT2D eigenvalue weighted by atomic mass is 10.0. The van der Waals surface area contributed by atoms with Crippen LogP contribution in [0.2, 0.25) is 0 Å². The number of ketones is 1. The summed E-state index contributed by atoms with van der Waals surface area (Å²) in [6.45, 7) is 0.846. The van der Waals surface area contributed by atoms with Gasteiger partial charge in [0.1, 0.15) is 12.2 Å². The van der Waals surface area contributed by atoms with Crippen LogP contribution in [-0.2, 0) is 4.79 Å². The van der Waals surface area contributed by atoms with Crippen molar-refractivity contribution in [3.63, 3.8) is 0 Å². The van der Waals surface area contributed by atoms with Gasteiger partial charge in [-0.3, -0.25) is 4.79 Å². The van der Waals surface area contributed by atoms with Gasteiger partial charge in [0.15, 0.2) is 5.78 Å². The molecule has 72 valence electrons. The quantitative estimate of drug-likeness (QED) is 0.392. The summed E-state index contributed by atoms with van der Waals surface area (Å²) in [7, 11) is 0. The summed E-state index contributed by atoms with van der Waals surface area (Å²) in [6, 6.07) is 0. The molecule has 0 aromatic carbocycles. The first-order chi connectivity index (χ1) is 5.54. The van der Waals surface area contributed by atoms with Crippen LogP contribution >= 0.6 is 0 Å². The largest absolute Gasteiger partial charge is 0.393 e. The molecule has 3 atom stereocenters. The summed E-state index contributed by atoms with van der Waals surface area (Å²) in [4.78, 5) is 10.9. The van der Waals surface area contributed by atoms with Crippen molar-refractivity contribution in [2.75, 3.05) is 6.61 Å². The van der Waals surface area contributed by atoms with Crippen molar-refractivity contribution in [3.05, 3.63) is 0 Å². The molecule has 5 nitrogen and oxygen atoms in total. The van der Waals surface area contributed by atoms with E-state index in [1.165, 1.54) is 0 Å². The Labute approximate surface area is 70.3 Å². The van der Waals surface area contributed by atoms with Gasteiger partial charge in [-0.2, -0.15) is 0 Å². The van der Waals surface area contributed by atoms with E-state index in [9.17, 15) is 4.79 Å². The van der Waals surface area contributed by atoms with Crippen molar-refractivity contribution in [1.29, 1.82) is 0 Å². The van der Waals surface area contributed by atoms with Crippen LogP contribution in [0.15, 0.2) is 0 Å². The third-order valence-electron chi connectivity index (χ3n) is 1.58. The van der Waals surface area contributed by atoms with Crippen LogP contribution in [0.5, 0.6) is 0 Å². The molecule has 0 heterocycles. The standard InChI is InChI=1S/C7H14O5/c1-2-4(9)6(11)7(12)5(10)3-8/h4-6,8-11H,2-3H2,1H3/t4?,5-,6-/m1/s1. The zero-order valence-corrected chi connectivity index (χ0v) is 6.84. The Morgan fingerprint density at radius 3 is 2.17 bits per heavy atom. The van der Waals surface area contributed by atoms with Crippen molar-refractivity contribution in [1.82, 2.24) is 0 Å². The third kappa shape index (κ3) is 2.86. The Bertz CT molecular complexity index is 147. The van der Waals surface area contributed by atoms with E-state index in [-0.39, 0.29) is 6.42 Å². The molecule has 0 amide bonds. The number of hydrogen-bond donors (Lipinski definition) is 4. The molecule has 4 N–H and O–H groups in total. The summed E-state index contributed by atoms with van der Waals surface area (Å²) in [5.74, 6) is -0.952. The molecule has 0 bridgehead atoms. The van der Waals surface area contributed by atoms with E-state index in [2.05, 4.69) is 0 Å². The van der Waals surface area contributed by atoms with Crippen molar-refractivity contribution in [2.24, 2.45) is 0 Å². The maximum Gasteiger partial charge on any atom is 0.194 e. The fourth-order valence-corrected chi connectivity index (χ4v) is 0.700. The van der Waals surface area contributed by atoms with Gasteiger partial charge in [0.2, 0.25) is 0 Å². The number of aliphatic hydroxyl groups is 4. The van der Waals surface area contributed by atoms with Crippen LogP contribution in [0, 0.1) is 0 Å². The molecule has 0 spiro atoms. The van der Waals surface area contributed by atoms with Gasteiger partial charge in [-0.25, -0.2) is 0 Å². The lowest BCUT2D eigenvalue weighted by molar-refractivity contribution is -0.143. The van der Waals surface area contributed by atoms with Crippen molar-refractivity contribution in [2.45, 2.75) is 31.7 Å². The highest BCUT2D eigenvalue weighted by Gasteiger charge is 2.27. The van der Waals surface area contributed by atoms with E-state index < -0.39 is 30.7 Å². The molecule has 0 aliphatic rings. The average Bonchev–Trinajstić information content (AvgIpc) is 2.12. The average molecular weight is 178 g/mol. The van der Waals surface area contributed by atoms with E-state index in [0.717, 1.165) is 0 Å². The van der Waals surface area contributed by atoms with Crippen molar-refractivity contribution < 1.29 is 25.2 Å². The summed E-state index contributed by atoms with van der Waals surface area (Å²) in [6.07, 6.45) is -4.19. The summed E-state index contributed by atoms with van der Waals surface area (Å²) in [5.41, 5.74) is 0. The topological polar surface area (TPSA) is 98.0 Å². The second kappa shape index (κ2) is 5.21. The Kier molecular flexibility index (Phi) is 5.00. The number of carbonyl (C=O) groups excluding carboxylic acids is 1. The minimum Gasteiger partial charge on any atom is -0.393 e. The zero-order valence-electron chi connectivity index (χ0n) is 6.84. The monoisotopic (exact) mass is 178 g/mol. The molecule has 0 aromatic rings. The van der Waals surface area contributed by atoms with Crippen molar-refractivity contribution >= 4 is 5.78 Å². The van der Waals surface area contributed by atoms with Gasteiger partial charge in [-0.15, -0.1) is 0 Å². The van der Waals surface area contributed by atoms with E-state index in [1.54, 1.807) is 6.92 Å². The summed E-state index contributed by atoms with van der Waals surface area (Å²) in [5, 5.41) is 35.1. The number of Topliss-reactive ketones (excluding diaryl/α,β-unsaturated/α-hetero) is 1. The Balaban J connectivity index is 4.09. The van der Waals surface area contributed by atoms with Gasteiger partial charge < -0.3 is 20.4 Å². The van der Waals surface area contributed by atoms with Gasteiger partial charge >= 0.3 is 0 Å². The highest BCUT2D eigenvalue weighted by Crippen LogP contribution is 2.02. The molecule has 1 unspecified atom stereocenters. The van der Waals surface area contributed by atoms with E-state index >= 15 is 0 Å². The van der Waals surface area contributed by atoms with E-state index in [1.807, 2.05) is 0 Å².